The Balaban J connectivity index is 1.72. The highest BCUT2D eigenvalue weighted by molar-refractivity contribution is 7.99. The van der Waals surface area contributed by atoms with E-state index in [4.69, 9.17) is 0 Å². The van der Waals surface area contributed by atoms with E-state index in [-0.39, 0.29) is 23.0 Å². The molecule has 2 aromatic carbocycles. The fourth-order valence-electron chi connectivity index (χ4n) is 2.64. The highest BCUT2D eigenvalue weighted by Crippen LogP contribution is 2.28. The van der Waals surface area contributed by atoms with Crippen LogP contribution in [0.3, 0.4) is 0 Å². The van der Waals surface area contributed by atoms with Crippen molar-refractivity contribution in [2.45, 2.75) is 19.0 Å². The van der Waals surface area contributed by atoms with Crippen molar-refractivity contribution in [2.75, 3.05) is 11.1 Å². The van der Waals surface area contributed by atoms with Crippen LogP contribution in [0.15, 0.2) is 59.8 Å². The van der Waals surface area contributed by atoms with Gasteiger partial charge >= 0.3 is 0 Å². The van der Waals surface area contributed by atoms with Gasteiger partial charge in [-0.2, -0.15) is 0 Å². The molecule has 1 N–H and O–H groups in total. The van der Waals surface area contributed by atoms with Crippen molar-refractivity contribution in [1.29, 1.82) is 0 Å². The van der Waals surface area contributed by atoms with Gasteiger partial charge in [0.05, 0.1) is 16.4 Å². The number of thioether (sulfide) groups is 1. The molecule has 8 heteroatoms. The Kier molecular flexibility index (Phi) is 6.00. The van der Waals surface area contributed by atoms with Gasteiger partial charge in [0.15, 0.2) is 5.16 Å². The lowest BCUT2D eigenvalue weighted by Crippen LogP contribution is -2.16. The second kappa shape index (κ2) is 8.62. The van der Waals surface area contributed by atoms with Crippen LogP contribution in [-0.2, 0) is 4.79 Å². The maximum atomic E-state index is 12.3. The molecule has 1 aromatic heterocycles. The smallest absolute Gasteiger partial charge is 0.293 e. The van der Waals surface area contributed by atoms with Gasteiger partial charge < -0.3 is 5.32 Å². The summed E-state index contributed by atoms with van der Waals surface area (Å²) in [5, 5.41) is 14.3. The third-order valence-corrected chi connectivity index (χ3v) is 4.79. The monoisotopic (exact) mass is 394 g/mol. The molecule has 0 saturated carbocycles. The number of hydrogen-bond acceptors (Lipinski definition) is 6. The van der Waals surface area contributed by atoms with E-state index in [0.29, 0.717) is 10.7 Å². The number of para-hydroxylation sites is 1. The predicted octanol–water partition coefficient (Wildman–Crippen LogP) is 4.40. The summed E-state index contributed by atoms with van der Waals surface area (Å²) in [6.45, 7) is 3.58. The fraction of sp³-hybridized carbons (Fsp3) is 0.150. The number of nitro benzene ring substituents is 1. The molecular weight excluding hydrogens is 376 g/mol. The molecule has 0 aliphatic rings. The Bertz CT molecular complexity index is 1030. The molecule has 0 aliphatic carbocycles. The lowest BCUT2D eigenvalue weighted by Gasteiger charge is -2.09. The van der Waals surface area contributed by atoms with Crippen LogP contribution in [0.2, 0.25) is 0 Å². The van der Waals surface area contributed by atoms with Crippen LogP contribution in [0.4, 0.5) is 11.4 Å². The zero-order valence-corrected chi connectivity index (χ0v) is 16.2. The molecule has 3 rings (SSSR count). The van der Waals surface area contributed by atoms with Crippen LogP contribution >= 0.6 is 11.8 Å². The summed E-state index contributed by atoms with van der Waals surface area (Å²) >= 11 is 1.19. The molecule has 7 nitrogen and oxygen atoms in total. The quantitative estimate of drug-likeness (QED) is 0.288. The number of carbonyl (C=O) groups is 1. The molecule has 0 saturated heterocycles. The zero-order valence-electron chi connectivity index (χ0n) is 15.4. The second-order valence-corrected chi connectivity index (χ2v) is 7.05. The molecule has 0 fully saturated rings. The predicted molar refractivity (Wildman–Crippen MR) is 109 cm³/mol. The van der Waals surface area contributed by atoms with E-state index in [1.807, 2.05) is 43.3 Å². The van der Waals surface area contributed by atoms with Gasteiger partial charge in [-0.1, -0.05) is 54.2 Å². The van der Waals surface area contributed by atoms with Crippen LogP contribution < -0.4 is 5.32 Å². The Morgan fingerprint density at radius 2 is 1.86 bits per heavy atom. The lowest BCUT2D eigenvalue weighted by atomic mass is 10.1. The maximum Gasteiger partial charge on any atom is 0.293 e. The number of benzene rings is 2. The standard InChI is InChI=1S/C20H18N4O3S/c1-13-7-6-10-17(24(26)27)19(13)23-18(25)12-28-20-21-14(2)11-16(22-20)15-8-4-3-5-9-15/h3-11H,12H2,1-2H3,(H,23,25). The first-order valence-electron chi connectivity index (χ1n) is 8.52. The van der Waals surface area contributed by atoms with E-state index < -0.39 is 4.92 Å². The molecule has 0 spiro atoms. The Hall–Kier alpha value is -3.26. The first-order valence-corrected chi connectivity index (χ1v) is 9.50. The summed E-state index contributed by atoms with van der Waals surface area (Å²) in [5.41, 5.74) is 3.27. The summed E-state index contributed by atoms with van der Waals surface area (Å²) in [6.07, 6.45) is 0. The van der Waals surface area contributed by atoms with Gasteiger partial charge in [0.25, 0.3) is 5.69 Å². The number of anilines is 1. The molecule has 142 valence electrons. The average molecular weight is 394 g/mol. The maximum absolute atomic E-state index is 12.3. The van der Waals surface area contributed by atoms with E-state index >= 15 is 0 Å². The van der Waals surface area contributed by atoms with E-state index in [1.54, 1.807) is 19.1 Å². The number of amides is 1. The number of rotatable bonds is 6. The van der Waals surface area contributed by atoms with Crippen molar-refractivity contribution < 1.29 is 9.72 Å². The minimum absolute atomic E-state index is 0.0448. The minimum Gasteiger partial charge on any atom is -0.319 e. The van der Waals surface area contributed by atoms with Gasteiger partial charge in [-0.15, -0.1) is 0 Å². The molecule has 1 amide bonds. The number of aryl methyl sites for hydroxylation is 2. The Morgan fingerprint density at radius 3 is 2.57 bits per heavy atom. The van der Waals surface area contributed by atoms with Crippen LogP contribution in [0.1, 0.15) is 11.3 Å². The minimum atomic E-state index is -0.508. The summed E-state index contributed by atoms with van der Waals surface area (Å²) in [7, 11) is 0. The fourth-order valence-corrected chi connectivity index (χ4v) is 3.34. The van der Waals surface area contributed by atoms with Crippen molar-refractivity contribution >= 4 is 29.0 Å². The number of aromatic nitrogens is 2. The second-order valence-electron chi connectivity index (χ2n) is 6.11. The molecule has 1 heterocycles. The molecule has 28 heavy (non-hydrogen) atoms. The third-order valence-electron chi connectivity index (χ3n) is 3.95. The first kappa shape index (κ1) is 19.5. The van der Waals surface area contributed by atoms with Gasteiger partial charge in [0.1, 0.15) is 5.69 Å². The van der Waals surface area contributed by atoms with Crippen molar-refractivity contribution in [1.82, 2.24) is 9.97 Å². The molecule has 0 bridgehead atoms. The number of nitrogens with zero attached hydrogens (tertiary/aromatic N) is 3. The van der Waals surface area contributed by atoms with Crippen molar-refractivity contribution in [2.24, 2.45) is 0 Å². The van der Waals surface area contributed by atoms with Crippen LogP contribution in [0, 0.1) is 24.0 Å². The van der Waals surface area contributed by atoms with Gasteiger partial charge in [0, 0.05) is 17.3 Å². The van der Waals surface area contributed by atoms with E-state index in [0.717, 1.165) is 17.0 Å². The summed E-state index contributed by atoms with van der Waals surface area (Å²) < 4.78 is 0. The third kappa shape index (κ3) is 4.72. The van der Waals surface area contributed by atoms with Gasteiger partial charge in [-0.3, -0.25) is 14.9 Å². The number of hydrogen-bond donors (Lipinski definition) is 1. The molecular formula is C20H18N4O3S. The first-order chi connectivity index (χ1) is 13.4. The molecule has 3 aromatic rings. The summed E-state index contributed by atoms with van der Waals surface area (Å²) in [5.74, 6) is -0.308. The average Bonchev–Trinajstić information content (AvgIpc) is 2.68. The van der Waals surface area contributed by atoms with Gasteiger partial charge in [0.2, 0.25) is 5.91 Å². The number of nitrogens with one attached hydrogen (secondary N) is 1. The van der Waals surface area contributed by atoms with E-state index in [1.165, 1.54) is 17.8 Å². The van der Waals surface area contributed by atoms with E-state index in [2.05, 4.69) is 15.3 Å². The lowest BCUT2D eigenvalue weighted by molar-refractivity contribution is -0.384. The van der Waals surface area contributed by atoms with Gasteiger partial charge in [-0.05, 0) is 25.5 Å². The van der Waals surface area contributed by atoms with E-state index in [9.17, 15) is 14.9 Å². The van der Waals surface area contributed by atoms with Crippen LogP contribution in [0.25, 0.3) is 11.3 Å². The normalized spacial score (nSPS) is 10.5. The van der Waals surface area contributed by atoms with Crippen LogP contribution in [-0.4, -0.2) is 26.6 Å². The molecule has 0 aliphatic heterocycles. The zero-order chi connectivity index (χ0) is 20.1. The Labute approximate surface area is 166 Å². The van der Waals surface area contributed by atoms with Crippen molar-refractivity contribution in [3.05, 3.63) is 76.0 Å². The topological polar surface area (TPSA) is 98.0 Å². The number of nitro groups is 1. The molecule has 0 radical (unpaired) electrons. The van der Waals surface area contributed by atoms with Crippen LogP contribution in [0.5, 0.6) is 0 Å². The number of carbonyl (C=O) groups excluding carboxylic acids is 1. The molecule has 0 atom stereocenters. The van der Waals surface area contributed by atoms with Crippen molar-refractivity contribution in [3.8, 4) is 11.3 Å². The SMILES string of the molecule is Cc1cc(-c2ccccc2)nc(SCC(=O)Nc2c(C)cccc2[N+](=O)[O-])n1. The summed E-state index contributed by atoms with van der Waals surface area (Å²) in [6, 6.07) is 16.3. The highest BCUT2D eigenvalue weighted by Gasteiger charge is 2.18. The summed E-state index contributed by atoms with van der Waals surface area (Å²) in [4.78, 5) is 31.9. The largest absolute Gasteiger partial charge is 0.319 e. The van der Waals surface area contributed by atoms with Gasteiger partial charge in [-0.25, -0.2) is 9.97 Å². The highest BCUT2D eigenvalue weighted by atomic mass is 32.2. The van der Waals surface area contributed by atoms with Crippen molar-refractivity contribution in [3.63, 3.8) is 0 Å². The molecule has 0 unspecified atom stereocenters. The Morgan fingerprint density at radius 1 is 1.11 bits per heavy atom.